The van der Waals surface area contributed by atoms with Crippen molar-refractivity contribution in [1.82, 2.24) is 10.6 Å². The fourth-order valence-electron chi connectivity index (χ4n) is 5.59. The maximum Gasteiger partial charge on any atom is 0.100 e. The predicted octanol–water partition coefficient (Wildman–Crippen LogP) is 5.43. The molecule has 1 heterocycles. The maximum absolute atomic E-state index is 13.3. The van der Waals surface area contributed by atoms with Crippen LogP contribution in [0.25, 0.3) is 0 Å². The van der Waals surface area contributed by atoms with Crippen molar-refractivity contribution in [2.75, 3.05) is 13.1 Å². The minimum absolute atomic E-state index is 0.443. The summed E-state index contributed by atoms with van der Waals surface area (Å²) < 4.78 is 13.3. The van der Waals surface area contributed by atoms with E-state index in [0.717, 1.165) is 43.4 Å². The van der Waals surface area contributed by atoms with Gasteiger partial charge in [-0.1, -0.05) is 51.9 Å². The van der Waals surface area contributed by atoms with Crippen LogP contribution in [0.3, 0.4) is 0 Å². The highest BCUT2D eigenvalue weighted by Gasteiger charge is 2.34. The molecule has 3 rings (SSSR count). The second kappa shape index (κ2) is 10.3. The zero-order valence-electron chi connectivity index (χ0n) is 16.4. The summed E-state index contributed by atoms with van der Waals surface area (Å²) in [7, 11) is 0. The largest absolute Gasteiger partial charge is 0.301 e. The Labute approximate surface area is 155 Å². The first-order valence-electron chi connectivity index (χ1n) is 11.4. The Hall–Kier alpha value is -0.150. The summed E-state index contributed by atoms with van der Waals surface area (Å²) in [5.74, 6) is 3.40. The van der Waals surface area contributed by atoms with Crippen LogP contribution in [0.5, 0.6) is 0 Å². The molecule has 0 atom stereocenters. The van der Waals surface area contributed by atoms with Gasteiger partial charge in [0, 0.05) is 13.1 Å². The third-order valence-corrected chi connectivity index (χ3v) is 7.40. The van der Waals surface area contributed by atoms with Crippen LogP contribution in [-0.4, -0.2) is 25.4 Å². The first kappa shape index (κ1) is 19.6. The van der Waals surface area contributed by atoms with Gasteiger partial charge in [-0.05, 0) is 62.2 Å². The molecule has 0 amide bonds. The van der Waals surface area contributed by atoms with Gasteiger partial charge in [0.15, 0.2) is 0 Å². The first-order valence-corrected chi connectivity index (χ1v) is 11.4. The fourth-order valence-corrected chi connectivity index (χ4v) is 5.59. The van der Waals surface area contributed by atoms with Crippen LogP contribution >= 0.6 is 0 Å². The van der Waals surface area contributed by atoms with E-state index in [0.29, 0.717) is 12.1 Å². The minimum atomic E-state index is -0.537. The standard InChI is InChI=1S/C22H41FN2/c1-2-3-4-5-6-17-7-9-18(10-8-17)20-15-24-22(25-16-20)19-11-13-21(23)14-12-19/h17-22,24-25H,2-16H2,1H3. The van der Waals surface area contributed by atoms with E-state index in [2.05, 4.69) is 17.6 Å². The third-order valence-electron chi connectivity index (χ3n) is 7.40. The molecule has 2 saturated carbocycles. The molecule has 2 aliphatic carbocycles. The molecule has 1 saturated heterocycles. The van der Waals surface area contributed by atoms with Crippen molar-refractivity contribution in [3.8, 4) is 0 Å². The molecular formula is C22H41FN2. The Morgan fingerprint density at radius 1 is 0.720 bits per heavy atom. The van der Waals surface area contributed by atoms with Gasteiger partial charge in [-0.25, -0.2) is 4.39 Å². The molecule has 0 bridgehead atoms. The van der Waals surface area contributed by atoms with Crippen molar-refractivity contribution in [3.63, 3.8) is 0 Å². The monoisotopic (exact) mass is 352 g/mol. The molecule has 3 aliphatic rings. The van der Waals surface area contributed by atoms with Crippen molar-refractivity contribution in [2.45, 2.75) is 103 Å². The molecule has 0 radical (unpaired) electrons. The fraction of sp³-hybridized carbons (Fsp3) is 1.00. The molecule has 3 heteroatoms. The summed E-state index contributed by atoms with van der Waals surface area (Å²) in [5.41, 5.74) is 0. The molecule has 0 aromatic carbocycles. The van der Waals surface area contributed by atoms with E-state index in [1.165, 1.54) is 70.9 Å². The molecule has 2 nitrogen and oxygen atoms in total. The van der Waals surface area contributed by atoms with Gasteiger partial charge in [-0.2, -0.15) is 0 Å². The molecule has 3 fully saturated rings. The molecule has 0 unspecified atom stereocenters. The molecule has 146 valence electrons. The lowest BCUT2D eigenvalue weighted by Gasteiger charge is -2.42. The topological polar surface area (TPSA) is 24.1 Å². The summed E-state index contributed by atoms with van der Waals surface area (Å²) in [5, 5.41) is 7.55. The van der Waals surface area contributed by atoms with Crippen molar-refractivity contribution in [1.29, 1.82) is 0 Å². The lowest BCUT2D eigenvalue weighted by Crippen LogP contribution is -2.58. The van der Waals surface area contributed by atoms with E-state index in [1.54, 1.807) is 0 Å². The van der Waals surface area contributed by atoms with Crippen molar-refractivity contribution in [2.24, 2.45) is 23.7 Å². The van der Waals surface area contributed by atoms with Gasteiger partial charge in [0.25, 0.3) is 0 Å². The van der Waals surface area contributed by atoms with Crippen LogP contribution in [0.15, 0.2) is 0 Å². The van der Waals surface area contributed by atoms with Crippen molar-refractivity contribution in [3.05, 3.63) is 0 Å². The summed E-state index contributed by atoms with van der Waals surface area (Å²) in [6.45, 7) is 4.66. The zero-order valence-corrected chi connectivity index (χ0v) is 16.4. The summed E-state index contributed by atoms with van der Waals surface area (Å²) in [6.07, 6.45) is 16.6. The highest BCUT2D eigenvalue weighted by molar-refractivity contribution is 4.89. The van der Waals surface area contributed by atoms with Crippen LogP contribution in [0.1, 0.15) is 90.4 Å². The van der Waals surface area contributed by atoms with Gasteiger partial charge in [-0.3, -0.25) is 0 Å². The number of hydrogen-bond acceptors (Lipinski definition) is 2. The lowest BCUT2D eigenvalue weighted by molar-refractivity contribution is 0.113. The smallest absolute Gasteiger partial charge is 0.100 e. The van der Waals surface area contributed by atoms with Crippen LogP contribution < -0.4 is 10.6 Å². The van der Waals surface area contributed by atoms with Gasteiger partial charge in [0.1, 0.15) is 6.17 Å². The average Bonchev–Trinajstić information content (AvgIpc) is 2.67. The second-order valence-corrected chi connectivity index (χ2v) is 9.20. The van der Waals surface area contributed by atoms with E-state index < -0.39 is 6.17 Å². The van der Waals surface area contributed by atoms with E-state index in [-0.39, 0.29) is 0 Å². The minimum Gasteiger partial charge on any atom is -0.301 e. The first-order chi connectivity index (χ1) is 12.3. The molecule has 1 aliphatic heterocycles. The van der Waals surface area contributed by atoms with E-state index in [1.807, 2.05) is 0 Å². The number of nitrogens with one attached hydrogen (secondary N) is 2. The Kier molecular flexibility index (Phi) is 8.04. The molecule has 0 spiro atoms. The summed E-state index contributed by atoms with van der Waals surface area (Å²) >= 11 is 0. The Morgan fingerprint density at radius 2 is 1.36 bits per heavy atom. The molecule has 2 N–H and O–H groups in total. The molecular weight excluding hydrogens is 311 g/mol. The maximum atomic E-state index is 13.3. The second-order valence-electron chi connectivity index (χ2n) is 9.20. The Balaban J connectivity index is 1.31. The van der Waals surface area contributed by atoms with Crippen molar-refractivity contribution < 1.29 is 4.39 Å². The van der Waals surface area contributed by atoms with Gasteiger partial charge in [-0.15, -0.1) is 0 Å². The number of rotatable bonds is 7. The highest BCUT2D eigenvalue weighted by Crippen LogP contribution is 2.37. The molecule has 0 aromatic rings. The highest BCUT2D eigenvalue weighted by atomic mass is 19.1. The third kappa shape index (κ3) is 5.92. The SMILES string of the molecule is CCCCCCC1CCC(C2CNC(C3CCC(F)CC3)NC2)CC1. The van der Waals surface area contributed by atoms with Gasteiger partial charge < -0.3 is 10.6 Å². The Bertz CT molecular complexity index is 351. The quantitative estimate of drug-likeness (QED) is 0.597. The van der Waals surface area contributed by atoms with Crippen LogP contribution in [0.2, 0.25) is 0 Å². The average molecular weight is 353 g/mol. The van der Waals surface area contributed by atoms with Gasteiger partial charge >= 0.3 is 0 Å². The number of halogens is 1. The Morgan fingerprint density at radius 3 is 2.00 bits per heavy atom. The summed E-state index contributed by atoms with van der Waals surface area (Å²) in [6, 6.07) is 0. The molecule has 0 aromatic heterocycles. The van der Waals surface area contributed by atoms with Crippen LogP contribution in [0, 0.1) is 23.7 Å². The number of unbranched alkanes of at least 4 members (excludes halogenated alkanes) is 3. The number of alkyl halides is 1. The van der Waals surface area contributed by atoms with Crippen LogP contribution in [-0.2, 0) is 0 Å². The predicted molar refractivity (Wildman–Crippen MR) is 104 cm³/mol. The van der Waals surface area contributed by atoms with E-state index in [4.69, 9.17) is 0 Å². The van der Waals surface area contributed by atoms with Crippen molar-refractivity contribution >= 4 is 0 Å². The summed E-state index contributed by atoms with van der Waals surface area (Å²) in [4.78, 5) is 0. The van der Waals surface area contributed by atoms with E-state index >= 15 is 0 Å². The normalized spacial score (nSPS) is 40.1. The number of hydrogen-bond donors (Lipinski definition) is 2. The molecule has 25 heavy (non-hydrogen) atoms. The zero-order chi connectivity index (χ0) is 17.5. The van der Waals surface area contributed by atoms with Crippen LogP contribution in [0.4, 0.5) is 4.39 Å². The van der Waals surface area contributed by atoms with Gasteiger partial charge in [0.05, 0.1) is 6.17 Å². The van der Waals surface area contributed by atoms with E-state index in [9.17, 15) is 4.39 Å². The lowest BCUT2D eigenvalue weighted by atomic mass is 9.73. The van der Waals surface area contributed by atoms with Gasteiger partial charge in [0.2, 0.25) is 0 Å².